The normalized spacial score (nSPS) is 55.8. The summed E-state index contributed by atoms with van der Waals surface area (Å²) in [6.07, 6.45) is 34.3. The van der Waals surface area contributed by atoms with Crippen molar-refractivity contribution in [3.63, 3.8) is 0 Å². The van der Waals surface area contributed by atoms with Crippen molar-refractivity contribution in [2.24, 2.45) is 62.1 Å². The quantitative estimate of drug-likeness (QED) is 0.143. The Morgan fingerprint density at radius 2 is 1.51 bits per heavy atom. The first kappa shape index (κ1) is 26.9. The molecule has 2 heteroatoms. The highest BCUT2D eigenvalue weighted by Gasteiger charge is 2.99. The van der Waals surface area contributed by atoms with E-state index in [1.54, 1.807) is 103 Å². The average Bonchev–Trinajstić information content (AvgIpc) is 3.22. The molecule has 0 aliphatic heterocycles. The lowest BCUT2D eigenvalue weighted by atomic mass is 9.36. The number of ether oxygens (including phenoxy) is 1. The van der Waals surface area contributed by atoms with Crippen LogP contribution in [0, 0.1) is 62.1 Å². The van der Waals surface area contributed by atoms with Gasteiger partial charge >= 0.3 is 0 Å². The molecule has 10 atom stereocenters. The predicted octanol–water partition coefficient (Wildman–Crippen LogP) is 10.6. The Morgan fingerprint density at radius 1 is 0.744 bits per heavy atom. The zero-order valence-electron chi connectivity index (χ0n) is 25.7. The third-order valence-electron chi connectivity index (χ3n) is 17.3. The summed E-state index contributed by atoms with van der Waals surface area (Å²) in [5.41, 5.74) is 4.39. The lowest BCUT2D eigenvalue weighted by Gasteiger charge is -2.68. The number of hydrogen-bond donors (Lipinski definition) is 1. The summed E-state index contributed by atoms with van der Waals surface area (Å²) in [6, 6.07) is 0. The van der Waals surface area contributed by atoms with Crippen molar-refractivity contribution >= 4 is 12.6 Å². The van der Waals surface area contributed by atoms with E-state index in [1.165, 1.54) is 38.5 Å². The van der Waals surface area contributed by atoms with Crippen LogP contribution in [-0.2, 0) is 4.74 Å². The van der Waals surface area contributed by atoms with Crippen LogP contribution < -0.4 is 0 Å². The first-order valence-electron chi connectivity index (χ1n) is 18.2. The Bertz CT molecular complexity index is 955. The molecule has 8 aliphatic rings. The Labute approximate surface area is 246 Å². The minimum atomic E-state index is 0.585. The van der Waals surface area contributed by atoms with Crippen LogP contribution in [0.2, 0.25) is 0 Å². The smallest absolute Gasteiger partial charge is 0.0892 e. The van der Waals surface area contributed by atoms with Crippen molar-refractivity contribution < 1.29 is 4.74 Å². The molecule has 0 radical (unpaired) electrons. The molecule has 1 nitrogen and oxygen atoms in total. The maximum absolute atomic E-state index is 5.61. The maximum Gasteiger partial charge on any atom is 0.0892 e. The van der Waals surface area contributed by atoms with Gasteiger partial charge in [-0.25, -0.2) is 0 Å². The minimum Gasteiger partial charge on any atom is -0.371 e. The zero-order valence-corrected chi connectivity index (χ0v) is 26.6. The molecule has 8 saturated carbocycles. The molecule has 8 aliphatic carbocycles. The molecular weight excluding hydrogens is 492 g/mol. The van der Waals surface area contributed by atoms with E-state index in [9.17, 15) is 0 Å². The first-order valence-corrected chi connectivity index (χ1v) is 18.8. The van der Waals surface area contributed by atoms with Gasteiger partial charge in [0, 0.05) is 6.61 Å². The summed E-state index contributed by atoms with van der Waals surface area (Å²) in [4.78, 5) is 0. The number of rotatable bonds is 7. The molecule has 39 heavy (non-hydrogen) atoms. The summed E-state index contributed by atoms with van der Waals surface area (Å²) in [5, 5.41) is 0. The Kier molecular flexibility index (Phi) is 6.32. The second kappa shape index (κ2) is 9.16. The van der Waals surface area contributed by atoms with E-state index in [-0.39, 0.29) is 0 Å². The van der Waals surface area contributed by atoms with Crippen molar-refractivity contribution in [1.82, 2.24) is 0 Å². The maximum atomic E-state index is 5.61. The molecule has 0 bridgehead atoms. The molecule has 8 fully saturated rings. The summed E-state index contributed by atoms with van der Waals surface area (Å²) in [6.45, 7) is 6.47. The van der Waals surface area contributed by atoms with Crippen LogP contribution in [0.25, 0.3) is 0 Å². The van der Waals surface area contributed by atoms with Crippen LogP contribution in [0.4, 0.5) is 0 Å². The van der Waals surface area contributed by atoms with Crippen molar-refractivity contribution in [3.8, 4) is 0 Å². The van der Waals surface area contributed by atoms with Gasteiger partial charge in [0.25, 0.3) is 0 Å². The van der Waals surface area contributed by atoms with Crippen LogP contribution in [-0.4, -0.2) is 12.5 Å². The third kappa shape index (κ3) is 2.97. The first-order chi connectivity index (χ1) is 19.0. The van der Waals surface area contributed by atoms with Gasteiger partial charge in [-0.15, -0.1) is 0 Å². The highest BCUT2D eigenvalue weighted by atomic mass is 32.1. The standard InChI is InChI=1S/C37H60OS/c1-3-33-23-27(11-10-22-38-26-39)14-15-30(33)37-31(33)17-21-36(37)24-29-16-20-34(28-12-6-4-5-7-13-28)18-8-9-19-35(29,34)25-32(36,37)2/h27-31,39H,3-26H2,1-2H3/t27?,29?,30-,31?,32?,33?,34?,35+,36?,37?/m1/s1. The molecule has 0 amide bonds. The van der Waals surface area contributed by atoms with E-state index in [0.717, 1.165) is 57.9 Å². The fourth-order valence-corrected chi connectivity index (χ4v) is 16.8. The summed E-state index contributed by atoms with van der Waals surface area (Å²) >= 11 is 4.26. The van der Waals surface area contributed by atoms with Gasteiger partial charge in [0.2, 0.25) is 0 Å². The van der Waals surface area contributed by atoms with Gasteiger partial charge < -0.3 is 4.74 Å². The van der Waals surface area contributed by atoms with Crippen LogP contribution in [0.1, 0.15) is 155 Å². The van der Waals surface area contributed by atoms with Gasteiger partial charge in [0.15, 0.2) is 0 Å². The van der Waals surface area contributed by atoms with E-state index in [0.29, 0.717) is 16.8 Å². The van der Waals surface area contributed by atoms with Crippen molar-refractivity contribution in [3.05, 3.63) is 0 Å². The lowest BCUT2D eigenvalue weighted by Crippen LogP contribution is -2.62. The molecular formula is C37H60OS. The molecule has 0 N–H and O–H groups in total. The van der Waals surface area contributed by atoms with Gasteiger partial charge in [-0.1, -0.05) is 58.8 Å². The number of thiol groups is 1. The van der Waals surface area contributed by atoms with Crippen LogP contribution in [0.3, 0.4) is 0 Å². The molecule has 0 aromatic carbocycles. The summed E-state index contributed by atoms with van der Waals surface area (Å²) in [5.74, 6) is 5.86. The molecule has 0 saturated heterocycles. The minimum absolute atomic E-state index is 0.585. The highest BCUT2D eigenvalue weighted by molar-refractivity contribution is 7.80. The molecule has 220 valence electrons. The molecule has 0 aromatic rings. The second-order valence-electron chi connectivity index (χ2n) is 17.2. The zero-order chi connectivity index (χ0) is 26.6. The molecule has 8 unspecified atom stereocenters. The SMILES string of the molecule is CCC12CC(CCCOCS)CC[C@H]1C13C2CCC12CC1CCC4(C5CCCCCC5)CCCC[C@]14CC23C. The van der Waals surface area contributed by atoms with Crippen molar-refractivity contribution in [2.45, 2.75) is 155 Å². The second-order valence-corrected chi connectivity index (χ2v) is 17.4. The van der Waals surface area contributed by atoms with E-state index in [1.807, 2.05) is 0 Å². The topological polar surface area (TPSA) is 9.23 Å². The number of hydrogen-bond acceptors (Lipinski definition) is 2. The van der Waals surface area contributed by atoms with Gasteiger partial charge in [-0.3, -0.25) is 0 Å². The fourth-order valence-electron chi connectivity index (χ4n) is 16.7. The fraction of sp³-hybridized carbons (Fsp3) is 1.00. The molecule has 8 rings (SSSR count). The molecule has 3 spiro atoms. The van der Waals surface area contributed by atoms with E-state index < -0.39 is 0 Å². The van der Waals surface area contributed by atoms with E-state index in [2.05, 4.69) is 26.5 Å². The summed E-state index contributed by atoms with van der Waals surface area (Å²) < 4.78 is 5.61. The number of fused-ring (bicyclic) bond motifs is 2. The summed E-state index contributed by atoms with van der Waals surface area (Å²) in [7, 11) is 0. The van der Waals surface area contributed by atoms with Crippen LogP contribution in [0.5, 0.6) is 0 Å². The monoisotopic (exact) mass is 552 g/mol. The van der Waals surface area contributed by atoms with E-state index in [4.69, 9.17) is 4.74 Å². The average molecular weight is 553 g/mol. The van der Waals surface area contributed by atoms with Crippen LogP contribution >= 0.6 is 12.6 Å². The molecule has 0 aromatic heterocycles. The van der Waals surface area contributed by atoms with Gasteiger partial charge in [0.05, 0.1) is 5.94 Å². The van der Waals surface area contributed by atoms with Gasteiger partial charge in [0.1, 0.15) is 0 Å². The highest BCUT2D eigenvalue weighted by Crippen LogP contribution is 3.04. The third-order valence-corrected chi connectivity index (χ3v) is 17.5. The van der Waals surface area contributed by atoms with E-state index >= 15 is 0 Å². The Morgan fingerprint density at radius 3 is 2.28 bits per heavy atom. The molecule has 0 heterocycles. The Balaban J connectivity index is 1.10. The van der Waals surface area contributed by atoms with Crippen LogP contribution in [0.15, 0.2) is 0 Å². The van der Waals surface area contributed by atoms with Crippen molar-refractivity contribution in [1.29, 1.82) is 0 Å². The Hall–Kier alpha value is 0.310. The van der Waals surface area contributed by atoms with Crippen molar-refractivity contribution in [2.75, 3.05) is 12.5 Å². The van der Waals surface area contributed by atoms with Gasteiger partial charge in [-0.2, -0.15) is 12.6 Å². The predicted molar refractivity (Wildman–Crippen MR) is 165 cm³/mol. The van der Waals surface area contributed by atoms with Gasteiger partial charge in [-0.05, 0) is 158 Å². The largest absolute Gasteiger partial charge is 0.371 e. The lowest BCUT2D eigenvalue weighted by molar-refractivity contribution is -0.201.